The Morgan fingerprint density at radius 1 is 1.10 bits per heavy atom. The zero-order valence-corrected chi connectivity index (χ0v) is 18.0. The van der Waals surface area contributed by atoms with Gasteiger partial charge in [-0.25, -0.2) is 4.98 Å². The molecule has 1 fully saturated rings. The van der Waals surface area contributed by atoms with Crippen LogP contribution in [0.2, 0.25) is 0 Å². The number of aryl methyl sites for hydroxylation is 1. The van der Waals surface area contributed by atoms with Crippen LogP contribution in [0.3, 0.4) is 0 Å². The van der Waals surface area contributed by atoms with Crippen molar-refractivity contribution in [3.05, 3.63) is 35.5 Å². The average Bonchev–Trinajstić information content (AvgIpc) is 3.15. The number of hydrogen-bond donors (Lipinski definition) is 0. The van der Waals surface area contributed by atoms with Crippen molar-refractivity contribution in [1.82, 2.24) is 14.6 Å². The van der Waals surface area contributed by atoms with Crippen LogP contribution in [0.25, 0.3) is 16.9 Å². The lowest BCUT2D eigenvalue weighted by Crippen LogP contribution is -2.36. The monoisotopic (exact) mass is 394 g/mol. The smallest absolute Gasteiger partial charge is 0.158 e. The van der Waals surface area contributed by atoms with Gasteiger partial charge in [0, 0.05) is 42.0 Å². The van der Waals surface area contributed by atoms with Gasteiger partial charge in [0.05, 0.1) is 19.9 Å². The highest BCUT2D eigenvalue weighted by Crippen LogP contribution is 2.33. The number of nitrogens with zero attached hydrogens (tertiary/aromatic N) is 4. The van der Waals surface area contributed by atoms with E-state index in [0.29, 0.717) is 5.92 Å². The lowest BCUT2D eigenvalue weighted by atomic mass is 9.99. The molecule has 1 saturated heterocycles. The van der Waals surface area contributed by atoms with Gasteiger partial charge in [-0.05, 0) is 44.2 Å². The van der Waals surface area contributed by atoms with Crippen LogP contribution in [0.4, 0.5) is 5.82 Å². The number of rotatable bonds is 5. The van der Waals surface area contributed by atoms with Gasteiger partial charge in [0.1, 0.15) is 17.3 Å². The van der Waals surface area contributed by atoms with Gasteiger partial charge in [-0.3, -0.25) is 0 Å². The summed E-state index contributed by atoms with van der Waals surface area (Å²) in [5.74, 6) is 3.39. The fourth-order valence-electron chi connectivity index (χ4n) is 4.35. The van der Waals surface area contributed by atoms with Crippen LogP contribution in [0.15, 0.2) is 24.3 Å². The standard InChI is InChI=1S/C23H30N4O2/c1-6-20-16(3)24-22-13-21(17-10-18(28-4)12-19(11-17)29-5)25-27(22)23(20)26-9-7-8-15(2)14-26/h10-13,15H,6-9,14H2,1-5H3/t15-/m1/s1. The molecular weight excluding hydrogens is 364 g/mol. The van der Waals surface area contributed by atoms with Crippen LogP contribution in [0.1, 0.15) is 37.9 Å². The van der Waals surface area contributed by atoms with Gasteiger partial charge in [-0.15, -0.1) is 0 Å². The number of anilines is 1. The van der Waals surface area contributed by atoms with Gasteiger partial charge in [0.15, 0.2) is 5.65 Å². The second-order valence-corrected chi connectivity index (χ2v) is 7.95. The number of fused-ring (bicyclic) bond motifs is 1. The molecule has 0 amide bonds. The molecule has 3 heterocycles. The van der Waals surface area contributed by atoms with Crippen LogP contribution in [0.5, 0.6) is 11.5 Å². The normalized spacial score (nSPS) is 17.0. The van der Waals surface area contributed by atoms with E-state index >= 15 is 0 Å². The zero-order valence-electron chi connectivity index (χ0n) is 18.0. The van der Waals surface area contributed by atoms with E-state index in [2.05, 4.69) is 31.7 Å². The highest BCUT2D eigenvalue weighted by atomic mass is 16.5. The van der Waals surface area contributed by atoms with E-state index in [-0.39, 0.29) is 0 Å². The van der Waals surface area contributed by atoms with E-state index in [1.807, 2.05) is 22.7 Å². The molecule has 154 valence electrons. The molecule has 0 bridgehead atoms. The minimum atomic E-state index is 0.689. The van der Waals surface area contributed by atoms with Crippen LogP contribution in [-0.2, 0) is 6.42 Å². The summed E-state index contributed by atoms with van der Waals surface area (Å²) in [4.78, 5) is 7.36. The molecule has 0 aliphatic carbocycles. The first kappa shape index (κ1) is 19.6. The molecule has 0 N–H and O–H groups in total. The van der Waals surface area contributed by atoms with Crippen molar-refractivity contribution < 1.29 is 9.47 Å². The molecule has 1 aromatic carbocycles. The predicted molar refractivity (Wildman–Crippen MR) is 116 cm³/mol. The van der Waals surface area contributed by atoms with E-state index in [0.717, 1.165) is 53.6 Å². The minimum Gasteiger partial charge on any atom is -0.497 e. The minimum absolute atomic E-state index is 0.689. The van der Waals surface area contributed by atoms with E-state index in [1.54, 1.807) is 14.2 Å². The van der Waals surface area contributed by atoms with Crippen LogP contribution in [-0.4, -0.2) is 41.9 Å². The fourth-order valence-corrected chi connectivity index (χ4v) is 4.35. The maximum absolute atomic E-state index is 5.44. The molecular formula is C23H30N4O2. The van der Waals surface area contributed by atoms with Crippen molar-refractivity contribution in [2.24, 2.45) is 5.92 Å². The Morgan fingerprint density at radius 2 is 1.83 bits per heavy atom. The van der Waals surface area contributed by atoms with Gasteiger partial charge in [-0.2, -0.15) is 9.61 Å². The summed E-state index contributed by atoms with van der Waals surface area (Å²) >= 11 is 0. The Bertz CT molecular complexity index is 1010. The summed E-state index contributed by atoms with van der Waals surface area (Å²) in [6.07, 6.45) is 3.45. The molecule has 0 saturated carbocycles. The number of aromatic nitrogens is 3. The Kier molecular flexibility index (Phi) is 5.35. The number of piperidine rings is 1. The van der Waals surface area contributed by atoms with Crippen LogP contribution < -0.4 is 14.4 Å². The lowest BCUT2D eigenvalue weighted by Gasteiger charge is -2.34. The molecule has 6 nitrogen and oxygen atoms in total. The topological polar surface area (TPSA) is 51.9 Å². The van der Waals surface area contributed by atoms with Crippen molar-refractivity contribution in [1.29, 1.82) is 0 Å². The second-order valence-electron chi connectivity index (χ2n) is 7.95. The third-order valence-corrected chi connectivity index (χ3v) is 5.84. The number of hydrogen-bond acceptors (Lipinski definition) is 5. The first-order valence-corrected chi connectivity index (χ1v) is 10.4. The SMILES string of the molecule is CCc1c(C)nc2cc(-c3cc(OC)cc(OC)c3)nn2c1N1CCC[C@@H](C)C1. The van der Waals surface area contributed by atoms with E-state index < -0.39 is 0 Å². The molecule has 0 spiro atoms. The first-order chi connectivity index (χ1) is 14.0. The van der Waals surface area contributed by atoms with Gasteiger partial charge in [-0.1, -0.05) is 13.8 Å². The summed E-state index contributed by atoms with van der Waals surface area (Å²) in [6, 6.07) is 7.90. The van der Waals surface area contributed by atoms with Crippen LogP contribution >= 0.6 is 0 Å². The number of benzene rings is 1. The zero-order chi connectivity index (χ0) is 20.5. The second kappa shape index (κ2) is 7.93. The summed E-state index contributed by atoms with van der Waals surface area (Å²) in [5.41, 5.74) is 5.08. The molecule has 4 rings (SSSR count). The third kappa shape index (κ3) is 3.63. The van der Waals surface area contributed by atoms with Gasteiger partial charge < -0.3 is 14.4 Å². The Hall–Kier alpha value is -2.76. The Labute approximate surface area is 172 Å². The Balaban J connectivity index is 1.89. The highest BCUT2D eigenvalue weighted by Gasteiger charge is 2.24. The largest absolute Gasteiger partial charge is 0.497 e. The van der Waals surface area contributed by atoms with Gasteiger partial charge in [0.25, 0.3) is 0 Å². The molecule has 0 radical (unpaired) electrons. The summed E-state index contributed by atoms with van der Waals surface area (Å²) in [5, 5.41) is 4.99. The molecule has 1 atom stereocenters. The van der Waals surface area contributed by atoms with Crippen molar-refractivity contribution in [2.45, 2.75) is 40.0 Å². The number of ether oxygens (including phenoxy) is 2. The summed E-state index contributed by atoms with van der Waals surface area (Å²) in [6.45, 7) is 8.77. The Morgan fingerprint density at radius 3 is 2.45 bits per heavy atom. The maximum Gasteiger partial charge on any atom is 0.158 e. The molecule has 1 aliphatic heterocycles. The fraction of sp³-hybridized carbons (Fsp3) is 0.478. The van der Waals surface area contributed by atoms with Crippen molar-refractivity contribution in [3.63, 3.8) is 0 Å². The molecule has 0 unspecified atom stereocenters. The molecule has 29 heavy (non-hydrogen) atoms. The van der Waals surface area contributed by atoms with Gasteiger partial charge >= 0.3 is 0 Å². The predicted octanol–water partition coefficient (Wildman–Crippen LogP) is 4.52. The maximum atomic E-state index is 5.44. The summed E-state index contributed by atoms with van der Waals surface area (Å²) in [7, 11) is 3.33. The number of methoxy groups -OCH3 is 2. The highest BCUT2D eigenvalue weighted by molar-refractivity contribution is 5.69. The molecule has 6 heteroatoms. The summed E-state index contributed by atoms with van der Waals surface area (Å²) < 4.78 is 12.9. The van der Waals surface area contributed by atoms with E-state index in [4.69, 9.17) is 19.6 Å². The molecule has 2 aromatic heterocycles. The van der Waals surface area contributed by atoms with Crippen molar-refractivity contribution in [3.8, 4) is 22.8 Å². The first-order valence-electron chi connectivity index (χ1n) is 10.4. The lowest BCUT2D eigenvalue weighted by molar-refractivity contribution is 0.394. The average molecular weight is 395 g/mol. The third-order valence-electron chi connectivity index (χ3n) is 5.84. The molecule has 1 aliphatic rings. The van der Waals surface area contributed by atoms with E-state index in [1.165, 1.54) is 24.2 Å². The van der Waals surface area contributed by atoms with Crippen molar-refractivity contribution >= 4 is 11.5 Å². The van der Waals surface area contributed by atoms with Gasteiger partial charge in [0.2, 0.25) is 0 Å². The van der Waals surface area contributed by atoms with E-state index in [9.17, 15) is 0 Å². The van der Waals surface area contributed by atoms with Crippen molar-refractivity contribution in [2.75, 3.05) is 32.2 Å². The molecule has 3 aromatic rings. The quantitative estimate of drug-likeness (QED) is 0.637. The van der Waals surface area contributed by atoms with Crippen LogP contribution in [0, 0.1) is 12.8 Å².